The van der Waals surface area contributed by atoms with E-state index in [0.717, 1.165) is 17.8 Å². The van der Waals surface area contributed by atoms with Crippen LogP contribution in [0.5, 0.6) is 0 Å². The second-order valence-corrected chi connectivity index (χ2v) is 5.92. The molecule has 0 aromatic heterocycles. The lowest BCUT2D eigenvalue weighted by Gasteiger charge is -2.04. The highest BCUT2D eigenvalue weighted by atomic mass is 32.2. The lowest BCUT2D eigenvalue weighted by atomic mass is 10.1. The number of nitrogens with zero attached hydrogens (tertiary/aromatic N) is 2. The van der Waals surface area contributed by atoms with Crippen LogP contribution >= 0.6 is 11.8 Å². The first kappa shape index (κ1) is 19.5. The topological polar surface area (TPSA) is 89.4 Å². The Hall–Kier alpha value is -2.78. The third-order valence-electron chi connectivity index (χ3n) is 3.03. The zero-order chi connectivity index (χ0) is 18.9. The van der Waals surface area contributed by atoms with Gasteiger partial charge in [-0.25, -0.2) is 9.18 Å². The Morgan fingerprint density at radius 1 is 1.46 bits per heavy atom. The summed E-state index contributed by atoms with van der Waals surface area (Å²) in [5.74, 6) is -1.53. The van der Waals surface area contributed by atoms with E-state index in [1.54, 1.807) is 18.2 Å². The monoisotopic (exact) mass is 377 g/mol. The number of amidine groups is 1. The molecular weight excluding hydrogens is 361 g/mol. The summed E-state index contributed by atoms with van der Waals surface area (Å²) in [5, 5.41) is 10.3. The van der Waals surface area contributed by atoms with Gasteiger partial charge in [0.25, 0.3) is 5.91 Å². The van der Waals surface area contributed by atoms with E-state index in [1.165, 1.54) is 19.4 Å². The minimum absolute atomic E-state index is 0.148. The smallest absolute Gasteiger partial charge is 0.331 e. The van der Waals surface area contributed by atoms with Crippen molar-refractivity contribution in [2.45, 2.75) is 6.61 Å². The molecule has 136 valence electrons. The number of carbonyl (C=O) groups excluding carboxylic acids is 2. The van der Waals surface area contributed by atoms with E-state index in [4.69, 9.17) is 4.74 Å². The maximum Gasteiger partial charge on any atom is 0.331 e. The Balaban J connectivity index is 2.00. The van der Waals surface area contributed by atoms with Crippen LogP contribution in [-0.4, -0.2) is 37.0 Å². The quantitative estimate of drug-likeness (QED) is 0.196. The van der Waals surface area contributed by atoms with Gasteiger partial charge in [-0.3, -0.25) is 10.1 Å². The fourth-order valence-corrected chi connectivity index (χ4v) is 2.54. The molecule has 0 unspecified atom stereocenters. The molecule has 0 spiro atoms. The van der Waals surface area contributed by atoms with Gasteiger partial charge in [-0.15, -0.1) is 11.7 Å². The third-order valence-corrected chi connectivity index (χ3v) is 3.93. The van der Waals surface area contributed by atoms with Crippen molar-refractivity contribution < 1.29 is 23.5 Å². The molecule has 1 saturated heterocycles. The van der Waals surface area contributed by atoms with E-state index in [-0.39, 0.29) is 16.7 Å². The van der Waals surface area contributed by atoms with Crippen molar-refractivity contribution in [1.82, 2.24) is 5.32 Å². The molecule has 1 aromatic carbocycles. The van der Waals surface area contributed by atoms with E-state index in [2.05, 4.69) is 26.8 Å². The molecule has 9 heteroatoms. The molecule has 1 aliphatic heterocycles. The Morgan fingerprint density at radius 2 is 2.27 bits per heavy atom. The van der Waals surface area contributed by atoms with Crippen LogP contribution in [0.2, 0.25) is 0 Å². The van der Waals surface area contributed by atoms with Gasteiger partial charge >= 0.3 is 5.97 Å². The molecule has 1 fully saturated rings. The molecule has 1 N–H and O–H groups in total. The van der Waals surface area contributed by atoms with Crippen LogP contribution < -0.4 is 5.32 Å². The predicted octanol–water partition coefficient (Wildman–Crippen LogP) is 2.14. The van der Waals surface area contributed by atoms with Crippen LogP contribution in [0.3, 0.4) is 0 Å². The Labute approximate surface area is 153 Å². The molecule has 1 heterocycles. The molecule has 0 saturated carbocycles. The number of carbonyl (C=O) groups is 2. The van der Waals surface area contributed by atoms with Crippen LogP contribution in [-0.2, 0) is 25.7 Å². The fourth-order valence-electron chi connectivity index (χ4n) is 1.80. The van der Waals surface area contributed by atoms with Crippen LogP contribution in [0.15, 0.2) is 52.0 Å². The molecule has 0 atom stereocenters. The standard InChI is InChI=1S/C17H16FN3O4S/c1-3-6-25-10-12-5-4-11(7-13(12)18)9-19-21-17-20-16(23)14(26-17)8-15(22)24-2/h3-5,7-9H,1,6,10H2,2H3,(H,20,21,23)/b14-8+,19-9?. The Bertz CT molecular complexity index is 805. The number of hydrogen-bond donors (Lipinski definition) is 1. The van der Waals surface area contributed by atoms with Crippen molar-refractivity contribution >= 4 is 35.0 Å². The van der Waals surface area contributed by atoms with Gasteiger partial charge < -0.3 is 9.47 Å². The molecular formula is C17H16FN3O4S. The molecule has 1 aliphatic rings. The van der Waals surface area contributed by atoms with Crippen LogP contribution in [0.1, 0.15) is 11.1 Å². The van der Waals surface area contributed by atoms with Crippen LogP contribution in [0, 0.1) is 5.82 Å². The summed E-state index contributed by atoms with van der Waals surface area (Å²) in [6.07, 6.45) is 4.00. The molecule has 1 aromatic rings. The highest BCUT2D eigenvalue weighted by Crippen LogP contribution is 2.23. The van der Waals surface area contributed by atoms with Crippen molar-refractivity contribution in [3.63, 3.8) is 0 Å². The number of esters is 1. The molecule has 1 amide bonds. The highest BCUT2D eigenvalue weighted by Gasteiger charge is 2.24. The summed E-state index contributed by atoms with van der Waals surface area (Å²) in [5.41, 5.74) is 0.922. The fraction of sp³-hybridized carbons (Fsp3) is 0.176. The van der Waals surface area contributed by atoms with Crippen molar-refractivity contribution in [1.29, 1.82) is 0 Å². The van der Waals surface area contributed by atoms with Crippen molar-refractivity contribution in [3.8, 4) is 0 Å². The molecule has 26 heavy (non-hydrogen) atoms. The second-order valence-electron chi connectivity index (χ2n) is 4.89. The zero-order valence-corrected chi connectivity index (χ0v) is 14.7. The number of rotatable bonds is 7. The van der Waals surface area contributed by atoms with Crippen LogP contribution in [0.25, 0.3) is 0 Å². The number of benzene rings is 1. The first-order valence-corrected chi connectivity index (χ1v) is 8.22. The number of nitrogens with one attached hydrogen (secondary N) is 1. The molecule has 0 radical (unpaired) electrons. The SMILES string of the molecule is C=CCOCc1ccc(C=N/N=C2/NC(=O)/C(=C\C(=O)OC)S2)cc1F. The number of thioether (sulfide) groups is 1. The maximum atomic E-state index is 13.9. The predicted molar refractivity (Wildman–Crippen MR) is 97.1 cm³/mol. The largest absolute Gasteiger partial charge is 0.466 e. The van der Waals surface area contributed by atoms with E-state index in [1.807, 2.05) is 0 Å². The molecule has 2 rings (SSSR count). The number of methoxy groups -OCH3 is 1. The van der Waals surface area contributed by atoms with Gasteiger partial charge in [0.2, 0.25) is 0 Å². The minimum atomic E-state index is -0.639. The summed E-state index contributed by atoms with van der Waals surface area (Å²) in [7, 11) is 1.21. The van der Waals surface area contributed by atoms with E-state index in [0.29, 0.717) is 17.7 Å². The molecule has 7 nitrogen and oxygen atoms in total. The van der Waals surface area contributed by atoms with Crippen LogP contribution in [0.4, 0.5) is 4.39 Å². The maximum absolute atomic E-state index is 13.9. The van der Waals surface area contributed by atoms with E-state index in [9.17, 15) is 14.0 Å². The summed E-state index contributed by atoms with van der Waals surface area (Å²) >= 11 is 0.952. The number of amides is 1. The second kappa shape index (κ2) is 9.64. The molecule has 0 bridgehead atoms. The van der Waals surface area contributed by atoms with Gasteiger partial charge in [-0.1, -0.05) is 18.2 Å². The van der Waals surface area contributed by atoms with Crippen molar-refractivity contribution in [3.05, 3.63) is 58.8 Å². The summed E-state index contributed by atoms with van der Waals surface area (Å²) in [6.45, 7) is 4.01. The Morgan fingerprint density at radius 3 is 2.96 bits per heavy atom. The average molecular weight is 377 g/mol. The Kier molecular flexibility index (Phi) is 7.24. The lowest BCUT2D eigenvalue weighted by molar-refractivity contribution is -0.135. The lowest BCUT2D eigenvalue weighted by Crippen LogP contribution is -2.19. The van der Waals surface area contributed by atoms with Gasteiger partial charge in [0.15, 0.2) is 5.17 Å². The highest BCUT2D eigenvalue weighted by molar-refractivity contribution is 8.18. The van der Waals surface area contributed by atoms with E-state index >= 15 is 0 Å². The number of halogens is 1. The molecule has 0 aliphatic carbocycles. The minimum Gasteiger partial charge on any atom is -0.466 e. The van der Waals surface area contributed by atoms with Crippen molar-refractivity contribution in [2.75, 3.05) is 13.7 Å². The van der Waals surface area contributed by atoms with Gasteiger partial charge in [-0.05, 0) is 23.4 Å². The first-order valence-electron chi connectivity index (χ1n) is 7.40. The summed E-state index contributed by atoms with van der Waals surface area (Å²) in [4.78, 5) is 23.0. The normalized spacial score (nSPS) is 17.1. The third kappa shape index (κ3) is 5.64. The first-order chi connectivity index (χ1) is 12.5. The average Bonchev–Trinajstić information content (AvgIpc) is 2.96. The van der Waals surface area contributed by atoms with E-state index < -0.39 is 17.7 Å². The number of hydrogen-bond acceptors (Lipinski definition) is 7. The zero-order valence-electron chi connectivity index (χ0n) is 13.9. The summed E-state index contributed by atoms with van der Waals surface area (Å²) < 4.78 is 23.6. The number of ether oxygens (including phenoxy) is 2. The summed E-state index contributed by atoms with van der Waals surface area (Å²) in [6, 6.07) is 4.57. The van der Waals surface area contributed by atoms with Gasteiger partial charge in [0.1, 0.15) is 5.82 Å². The van der Waals surface area contributed by atoms with Gasteiger partial charge in [0, 0.05) is 11.6 Å². The van der Waals surface area contributed by atoms with Crippen molar-refractivity contribution in [2.24, 2.45) is 10.2 Å². The van der Waals surface area contributed by atoms with Gasteiger partial charge in [0.05, 0.1) is 31.4 Å². The van der Waals surface area contributed by atoms with Gasteiger partial charge in [-0.2, -0.15) is 5.10 Å².